The Kier molecular flexibility index (Phi) is 6.15. The summed E-state index contributed by atoms with van der Waals surface area (Å²) in [6.07, 6.45) is 2.26. The first-order valence-electron chi connectivity index (χ1n) is 7.56. The van der Waals surface area contributed by atoms with E-state index in [1.165, 1.54) is 6.42 Å². The molecule has 0 aliphatic carbocycles. The van der Waals surface area contributed by atoms with Gasteiger partial charge >= 0.3 is 0 Å². The minimum absolute atomic E-state index is 0.656. The monoisotopic (exact) mass is 278 g/mol. The Bertz CT molecular complexity index is 375. The molecule has 4 heteroatoms. The topological polar surface area (TPSA) is 33.7 Å². The molecule has 0 amide bonds. The van der Waals surface area contributed by atoms with Gasteiger partial charge in [-0.25, -0.2) is 0 Å². The number of hydrogen-bond acceptors (Lipinski definition) is 4. The predicted octanol–water partition coefficient (Wildman–Crippen LogP) is 2.15. The van der Waals surface area contributed by atoms with Crippen molar-refractivity contribution in [3.8, 4) is 11.5 Å². The highest BCUT2D eigenvalue weighted by Gasteiger charge is 2.18. The van der Waals surface area contributed by atoms with Crippen LogP contribution in [0.15, 0.2) is 24.3 Å². The van der Waals surface area contributed by atoms with Crippen molar-refractivity contribution in [1.82, 2.24) is 10.2 Å². The van der Waals surface area contributed by atoms with Crippen LogP contribution in [0.5, 0.6) is 11.5 Å². The van der Waals surface area contributed by atoms with E-state index in [1.54, 1.807) is 0 Å². The van der Waals surface area contributed by atoms with Gasteiger partial charge in [0.05, 0.1) is 6.61 Å². The number of rotatable bonds is 8. The van der Waals surface area contributed by atoms with Crippen LogP contribution in [0.3, 0.4) is 0 Å². The Hall–Kier alpha value is -1.26. The molecule has 1 aromatic rings. The van der Waals surface area contributed by atoms with Crippen molar-refractivity contribution < 1.29 is 9.47 Å². The number of nitrogens with one attached hydrogen (secondary N) is 1. The Labute approximate surface area is 122 Å². The SMILES string of the molecule is CCCOc1ccc(OCCN(C)C2CCNC2)cc1. The lowest BCUT2D eigenvalue weighted by molar-refractivity contribution is 0.199. The summed E-state index contributed by atoms with van der Waals surface area (Å²) in [7, 11) is 2.17. The third kappa shape index (κ3) is 4.69. The summed E-state index contributed by atoms with van der Waals surface area (Å²) < 4.78 is 11.3. The molecule has 1 heterocycles. The highest BCUT2D eigenvalue weighted by atomic mass is 16.5. The van der Waals surface area contributed by atoms with Gasteiger partial charge in [0.2, 0.25) is 0 Å². The summed E-state index contributed by atoms with van der Waals surface area (Å²) in [6.45, 7) is 6.78. The van der Waals surface area contributed by atoms with Gasteiger partial charge in [0, 0.05) is 19.1 Å². The molecule has 0 spiro atoms. The molecule has 0 bridgehead atoms. The van der Waals surface area contributed by atoms with E-state index in [0.29, 0.717) is 6.04 Å². The summed E-state index contributed by atoms with van der Waals surface area (Å²) in [6, 6.07) is 8.54. The molecule has 0 saturated carbocycles. The molecule has 2 rings (SSSR count). The molecule has 20 heavy (non-hydrogen) atoms. The summed E-state index contributed by atoms with van der Waals surface area (Å²) in [5.74, 6) is 1.82. The Morgan fingerprint density at radius 1 is 1.15 bits per heavy atom. The third-order valence-electron chi connectivity index (χ3n) is 3.67. The van der Waals surface area contributed by atoms with Gasteiger partial charge in [-0.1, -0.05) is 6.92 Å². The molecule has 4 nitrogen and oxygen atoms in total. The average Bonchev–Trinajstić information content (AvgIpc) is 3.00. The molecule has 1 unspecified atom stereocenters. The lowest BCUT2D eigenvalue weighted by Crippen LogP contribution is -2.36. The first-order chi connectivity index (χ1) is 9.79. The second-order valence-corrected chi connectivity index (χ2v) is 5.30. The van der Waals surface area contributed by atoms with Crippen molar-refractivity contribution in [3.63, 3.8) is 0 Å². The van der Waals surface area contributed by atoms with E-state index in [2.05, 4.69) is 24.2 Å². The highest BCUT2D eigenvalue weighted by molar-refractivity contribution is 5.31. The van der Waals surface area contributed by atoms with Crippen LogP contribution in [0.2, 0.25) is 0 Å². The fourth-order valence-electron chi connectivity index (χ4n) is 2.36. The van der Waals surface area contributed by atoms with E-state index in [0.717, 1.165) is 50.8 Å². The van der Waals surface area contributed by atoms with Crippen molar-refractivity contribution in [3.05, 3.63) is 24.3 Å². The summed E-state index contributed by atoms with van der Waals surface area (Å²) in [4.78, 5) is 2.37. The first-order valence-corrected chi connectivity index (χ1v) is 7.56. The second-order valence-electron chi connectivity index (χ2n) is 5.30. The average molecular weight is 278 g/mol. The molecule has 1 fully saturated rings. The number of ether oxygens (including phenoxy) is 2. The van der Waals surface area contributed by atoms with Gasteiger partial charge in [-0.05, 0) is 50.7 Å². The van der Waals surface area contributed by atoms with Crippen LogP contribution in [0.4, 0.5) is 0 Å². The number of benzene rings is 1. The lowest BCUT2D eigenvalue weighted by Gasteiger charge is -2.23. The van der Waals surface area contributed by atoms with Crippen LogP contribution in [0.25, 0.3) is 0 Å². The van der Waals surface area contributed by atoms with Gasteiger partial charge in [-0.3, -0.25) is 4.90 Å². The molecule has 1 aliphatic rings. The van der Waals surface area contributed by atoms with E-state index >= 15 is 0 Å². The summed E-state index contributed by atoms with van der Waals surface area (Å²) in [5, 5.41) is 3.39. The quantitative estimate of drug-likeness (QED) is 0.790. The third-order valence-corrected chi connectivity index (χ3v) is 3.67. The Morgan fingerprint density at radius 3 is 2.35 bits per heavy atom. The van der Waals surface area contributed by atoms with Crippen molar-refractivity contribution in [2.75, 3.05) is 39.9 Å². The summed E-state index contributed by atoms with van der Waals surface area (Å²) >= 11 is 0. The maximum atomic E-state index is 5.78. The van der Waals surface area contributed by atoms with Gasteiger partial charge in [-0.15, -0.1) is 0 Å². The normalized spacial score (nSPS) is 18.4. The maximum Gasteiger partial charge on any atom is 0.119 e. The lowest BCUT2D eigenvalue weighted by atomic mass is 10.2. The highest BCUT2D eigenvalue weighted by Crippen LogP contribution is 2.17. The van der Waals surface area contributed by atoms with Crippen LogP contribution in [-0.4, -0.2) is 50.8 Å². The van der Waals surface area contributed by atoms with Crippen LogP contribution in [0, 0.1) is 0 Å². The molecular weight excluding hydrogens is 252 g/mol. The fourth-order valence-corrected chi connectivity index (χ4v) is 2.36. The minimum Gasteiger partial charge on any atom is -0.494 e. The van der Waals surface area contributed by atoms with Crippen LogP contribution in [-0.2, 0) is 0 Å². The van der Waals surface area contributed by atoms with Crippen LogP contribution < -0.4 is 14.8 Å². The van der Waals surface area contributed by atoms with E-state index < -0.39 is 0 Å². The predicted molar refractivity (Wildman–Crippen MR) is 81.6 cm³/mol. The maximum absolute atomic E-state index is 5.78. The van der Waals surface area contributed by atoms with Gasteiger partial charge in [0.15, 0.2) is 0 Å². The standard InChI is InChI=1S/C16H26N2O2/c1-3-11-19-15-4-6-16(7-5-15)20-12-10-18(2)14-8-9-17-13-14/h4-7,14,17H,3,8-13H2,1-2H3. The van der Waals surface area contributed by atoms with Gasteiger partial charge in [0.1, 0.15) is 18.1 Å². The van der Waals surface area contributed by atoms with Gasteiger partial charge in [0.25, 0.3) is 0 Å². The second kappa shape index (κ2) is 8.12. The molecule has 112 valence electrons. The van der Waals surface area contributed by atoms with Crippen molar-refractivity contribution in [2.45, 2.75) is 25.8 Å². The molecule has 1 N–H and O–H groups in total. The van der Waals surface area contributed by atoms with E-state index in [-0.39, 0.29) is 0 Å². The zero-order valence-electron chi connectivity index (χ0n) is 12.6. The van der Waals surface area contributed by atoms with Crippen LogP contribution >= 0.6 is 0 Å². The first kappa shape index (κ1) is 15.1. The largest absolute Gasteiger partial charge is 0.494 e. The number of hydrogen-bond donors (Lipinski definition) is 1. The molecule has 1 aliphatic heterocycles. The fraction of sp³-hybridized carbons (Fsp3) is 0.625. The molecule has 1 aromatic carbocycles. The smallest absolute Gasteiger partial charge is 0.119 e. The minimum atomic E-state index is 0.656. The van der Waals surface area contributed by atoms with Crippen LogP contribution in [0.1, 0.15) is 19.8 Å². The molecular formula is C16H26N2O2. The van der Waals surface area contributed by atoms with Crippen molar-refractivity contribution in [2.24, 2.45) is 0 Å². The molecule has 1 atom stereocenters. The Morgan fingerprint density at radius 2 is 1.80 bits per heavy atom. The van der Waals surface area contributed by atoms with Gasteiger partial charge in [-0.2, -0.15) is 0 Å². The van der Waals surface area contributed by atoms with Crippen molar-refractivity contribution in [1.29, 1.82) is 0 Å². The Balaban J connectivity index is 1.68. The zero-order valence-corrected chi connectivity index (χ0v) is 12.6. The molecule has 1 saturated heterocycles. The molecule has 0 aromatic heterocycles. The van der Waals surface area contributed by atoms with Crippen molar-refractivity contribution >= 4 is 0 Å². The molecule has 0 radical (unpaired) electrons. The number of likely N-dealkylation sites (N-methyl/N-ethyl adjacent to an activating group) is 1. The number of nitrogens with zero attached hydrogens (tertiary/aromatic N) is 1. The van der Waals surface area contributed by atoms with E-state index in [1.807, 2.05) is 24.3 Å². The zero-order chi connectivity index (χ0) is 14.2. The van der Waals surface area contributed by atoms with Gasteiger partial charge < -0.3 is 14.8 Å². The summed E-state index contributed by atoms with van der Waals surface area (Å²) in [5.41, 5.74) is 0. The van der Waals surface area contributed by atoms with E-state index in [9.17, 15) is 0 Å². The van der Waals surface area contributed by atoms with E-state index in [4.69, 9.17) is 9.47 Å².